The van der Waals surface area contributed by atoms with Crippen molar-refractivity contribution < 1.29 is 16.8 Å². The molecule has 2 heterocycles. The zero-order chi connectivity index (χ0) is 17.3. The summed E-state index contributed by atoms with van der Waals surface area (Å²) in [7, 11) is -3.38. The number of nitrogens with zero attached hydrogens (tertiary/aromatic N) is 3. The number of nitrogens with two attached hydrogens (primary N) is 1. The van der Waals surface area contributed by atoms with E-state index in [2.05, 4.69) is 5.14 Å². The van der Waals surface area contributed by atoms with Crippen LogP contribution in [0.5, 0.6) is 0 Å². The highest BCUT2D eigenvalue weighted by molar-refractivity contribution is 7.87. The molecule has 2 aliphatic heterocycles. The van der Waals surface area contributed by atoms with Crippen LogP contribution in [0.3, 0.4) is 0 Å². The topological polar surface area (TPSA) is 104 Å². The summed E-state index contributed by atoms with van der Waals surface area (Å²) in [4.78, 5) is 0. The van der Waals surface area contributed by atoms with Gasteiger partial charge in [0.15, 0.2) is 0 Å². The number of hydrogen-bond donors (Lipinski definition) is 1. The maximum atomic E-state index is 11.7. The van der Waals surface area contributed by atoms with Gasteiger partial charge in [-0.05, 0) is 12.0 Å². The molecule has 8 nitrogen and oxygen atoms in total. The van der Waals surface area contributed by atoms with Gasteiger partial charge in [-0.2, -0.15) is 29.8 Å². The van der Waals surface area contributed by atoms with Crippen molar-refractivity contribution in [3.63, 3.8) is 0 Å². The van der Waals surface area contributed by atoms with E-state index in [9.17, 15) is 16.8 Å². The van der Waals surface area contributed by atoms with Crippen LogP contribution in [0.2, 0.25) is 0 Å². The SMILES string of the molecule is CN(C)S(=O)(=O)N1CC1Cc1ccccc1.NS(=O)(=O)N1CC1. The first-order chi connectivity index (χ1) is 10.6. The second-order valence-corrected chi connectivity index (χ2v) is 9.29. The van der Waals surface area contributed by atoms with Crippen LogP contribution < -0.4 is 5.14 Å². The van der Waals surface area contributed by atoms with E-state index in [1.807, 2.05) is 30.3 Å². The van der Waals surface area contributed by atoms with Gasteiger partial charge in [-0.15, -0.1) is 0 Å². The summed E-state index contributed by atoms with van der Waals surface area (Å²) in [6.45, 7) is 1.83. The van der Waals surface area contributed by atoms with Crippen LogP contribution in [0.1, 0.15) is 5.56 Å². The lowest BCUT2D eigenvalue weighted by Gasteiger charge is -2.12. The summed E-state index contributed by atoms with van der Waals surface area (Å²) < 4.78 is 47.7. The maximum Gasteiger partial charge on any atom is 0.281 e. The summed E-state index contributed by atoms with van der Waals surface area (Å²) >= 11 is 0. The van der Waals surface area contributed by atoms with Gasteiger partial charge in [-0.1, -0.05) is 30.3 Å². The Hall–Kier alpha value is -1.04. The lowest BCUT2D eigenvalue weighted by molar-refractivity contribution is 0.477. The van der Waals surface area contributed by atoms with Crippen LogP contribution >= 0.6 is 0 Å². The molecule has 23 heavy (non-hydrogen) atoms. The first-order valence-electron chi connectivity index (χ1n) is 7.13. The Morgan fingerprint density at radius 3 is 2.09 bits per heavy atom. The lowest BCUT2D eigenvalue weighted by Crippen LogP contribution is -2.30. The summed E-state index contributed by atoms with van der Waals surface area (Å²) in [5, 5.41) is 4.64. The molecular weight excluding hydrogens is 340 g/mol. The summed E-state index contributed by atoms with van der Waals surface area (Å²) in [5.41, 5.74) is 1.18. The molecule has 0 saturated carbocycles. The van der Waals surface area contributed by atoms with Gasteiger partial charge in [0, 0.05) is 39.8 Å². The quantitative estimate of drug-likeness (QED) is 0.694. The molecule has 0 amide bonds. The van der Waals surface area contributed by atoms with E-state index in [0.717, 1.165) is 6.42 Å². The van der Waals surface area contributed by atoms with E-state index in [4.69, 9.17) is 0 Å². The molecule has 0 radical (unpaired) electrons. The Bertz CT molecular complexity index is 730. The summed E-state index contributed by atoms with van der Waals surface area (Å²) in [6, 6.07) is 10.1. The van der Waals surface area contributed by atoms with Crippen molar-refractivity contribution in [3.05, 3.63) is 35.9 Å². The zero-order valence-corrected chi connectivity index (χ0v) is 14.8. The fourth-order valence-electron chi connectivity index (χ4n) is 2.00. The third-order valence-electron chi connectivity index (χ3n) is 3.50. The summed E-state index contributed by atoms with van der Waals surface area (Å²) in [5.74, 6) is 0. The Labute approximate surface area is 137 Å². The average Bonchev–Trinajstić information content (AvgIpc) is 3.33. The molecule has 2 fully saturated rings. The largest absolute Gasteiger partial charge is 0.281 e. The van der Waals surface area contributed by atoms with E-state index >= 15 is 0 Å². The Morgan fingerprint density at radius 2 is 1.70 bits per heavy atom. The minimum absolute atomic E-state index is 0.134. The molecule has 1 aromatic carbocycles. The molecule has 130 valence electrons. The van der Waals surface area contributed by atoms with Gasteiger partial charge in [0.1, 0.15) is 0 Å². The van der Waals surface area contributed by atoms with E-state index in [1.54, 1.807) is 14.1 Å². The van der Waals surface area contributed by atoms with E-state index < -0.39 is 20.4 Å². The van der Waals surface area contributed by atoms with Gasteiger partial charge in [0.2, 0.25) is 0 Å². The Morgan fingerprint density at radius 1 is 1.13 bits per heavy atom. The van der Waals surface area contributed by atoms with Crippen LogP contribution in [-0.4, -0.2) is 69.5 Å². The van der Waals surface area contributed by atoms with Gasteiger partial charge < -0.3 is 0 Å². The molecule has 10 heteroatoms. The highest BCUT2D eigenvalue weighted by Crippen LogP contribution is 2.26. The highest BCUT2D eigenvalue weighted by Gasteiger charge is 2.44. The molecule has 2 unspecified atom stereocenters. The van der Waals surface area contributed by atoms with Crippen molar-refractivity contribution in [1.82, 2.24) is 12.9 Å². The van der Waals surface area contributed by atoms with Crippen molar-refractivity contribution in [2.45, 2.75) is 12.5 Å². The second kappa shape index (κ2) is 6.83. The van der Waals surface area contributed by atoms with E-state index in [0.29, 0.717) is 19.6 Å². The number of benzene rings is 1. The number of rotatable bonds is 5. The van der Waals surface area contributed by atoms with Crippen LogP contribution in [0.15, 0.2) is 30.3 Å². The van der Waals surface area contributed by atoms with Crippen molar-refractivity contribution in [2.24, 2.45) is 5.14 Å². The van der Waals surface area contributed by atoms with E-state index in [1.165, 1.54) is 18.5 Å². The molecule has 2 N–H and O–H groups in total. The predicted molar refractivity (Wildman–Crippen MR) is 87.9 cm³/mol. The fourth-order valence-corrected chi connectivity index (χ4v) is 3.82. The minimum atomic E-state index is -3.30. The van der Waals surface area contributed by atoms with Crippen molar-refractivity contribution in [3.8, 4) is 0 Å². The molecule has 3 rings (SSSR count). The van der Waals surface area contributed by atoms with Gasteiger partial charge in [-0.25, -0.2) is 5.14 Å². The molecule has 2 aliphatic rings. The average molecular weight is 362 g/mol. The van der Waals surface area contributed by atoms with Crippen molar-refractivity contribution in [2.75, 3.05) is 33.7 Å². The second-order valence-electron chi connectivity index (χ2n) is 5.65. The summed E-state index contributed by atoms with van der Waals surface area (Å²) in [6.07, 6.45) is 0.800. The van der Waals surface area contributed by atoms with Crippen LogP contribution in [0, 0.1) is 0 Å². The van der Waals surface area contributed by atoms with Gasteiger partial charge in [0.25, 0.3) is 20.4 Å². The first-order valence-corrected chi connectivity index (χ1v) is 10.0. The van der Waals surface area contributed by atoms with Crippen molar-refractivity contribution >= 4 is 20.4 Å². The highest BCUT2D eigenvalue weighted by atomic mass is 32.2. The molecule has 2 atom stereocenters. The first kappa shape index (κ1) is 18.3. The molecule has 0 aromatic heterocycles. The molecule has 0 bridgehead atoms. The zero-order valence-electron chi connectivity index (χ0n) is 13.2. The van der Waals surface area contributed by atoms with Crippen molar-refractivity contribution in [1.29, 1.82) is 0 Å². The Balaban J connectivity index is 0.000000229. The smallest absolute Gasteiger partial charge is 0.216 e. The van der Waals surface area contributed by atoms with Crippen LogP contribution in [0.4, 0.5) is 0 Å². The van der Waals surface area contributed by atoms with Gasteiger partial charge in [0.05, 0.1) is 0 Å². The number of hydrogen-bond acceptors (Lipinski definition) is 4. The van der Waals surface area contributed by atoms with Gasteiger partial charge in [-0.3, -0.25) is 0 Å². The third kappa shape index (κ3) is 5.23. The fraction of sp³-hybridized carbons (Fsp3) is 0.538. The van der Waals surface area contributed by atoms with Gasteiger partial charge >= 0.3 is 0 Å². The van der Waals surface area contributed by atoms with Crippen LogP contribution in [-0.2, 0) is 26.8 Å². The van der Waals surface area contributed by atoms with Crippen LogP contribution in [0.25, 0.3) is 0 Å². The molecule has 0 spiro atoms. The molecule has 0 aliphatic carbocycles. The minimum Gasteiger partial charge on any atom is -0.216 e. The maximum absolute atomic E-state index is 11.7. The third-order valence-corrected chi connectivity index (χ3v) is 6.55. The Kier molecular flexibility index (Phi) is 5.44. The predicted octanol–water partition coefficient (Wildman–Crippen LogP) is -0.775. The lowest BCUT2D eigenvalue weighted by atomic mass is 10.1. The monoisotopic (exact) mass is 362 g/mol. The molecular formula is C13H22N4O4S2. The van der Waals surface area contributed by atoms with E-state index in [-0.39, 0.29) is 6.04 Å². The molecule has 1 aromatic rings. The molecule has 2 saturated heterocycles. The normalized spacial score (nSPS) is 24.0. The standard InChI is InChI=1S/C11H16N2O2S.C2H6N2O2S/c1-12(2)16(14,15)13-9-11(13)8-10-6-4-3-5-7-10;3-7(5,6)4-1-2-4/h3-7,11H,8-9H2,1-2H3;1-2H2,(H2,3,5,6).